The summed E-state index contributed by atoms with van der Waals surface area (Å²) in [5, 5.41) is 9.21. The molecule has 0 atom stereocenters. The second-order valence-electron chi connectivity index (χ2n) is 3.20. The molecule has 0 fully saturated rings. The third-order valence-electron chi connectivity index (χ3n) is 2.07. The van der Waals surface area contributed by atoms with E-state index < -0.39 is 0 Å². The Kier molecular flexibility index (Phi) is 3.82. The molecule has 1 aromatic heterocycles. The molecule has 16 heavy (non-hydrogen) atoms. The molecule has 0 aliphatic carbocycles. The van der Waals surface area contributed by atoms with Crippen molar-refractivity contribution in [3.63, 3.8) is 0 Å². The first-order valence-electron chi connectivity index (χ1n) is 4.67. The van der Waals surface area contributed by atoms with Crippen molar-refractivity contribution >= 4 is 23.1 Å². The molecule has 6 heteroatoms. The average molecular weight is 258 g/mol. The van der Waals surface area contributed by atoms with Crippen LogP contribution in [-0.2, 0) is 13.1 Å². The number of hydrogen-bond acceptors (Lipinski definition) is 4. The maximum atomic E-state index is 13.4. The predicted octanol–water partition coefficient (Wildman–Crippen LogP) is 2.62. The monoisotopic (exact) mass is 257 g/mol. The molecule has 0 bridgehead atoms. The lowest BCUT2D eigenvalue weighted by molar-refractivity contribution is 0.586. The van der Waals surface area contributed by atoms with E-state index in [0.29, 0.717) is 23.7 Å². The van der Waals surface area contributed by atoms with Gasteiger partial charge >= 0.3 is 0 Å². The lowest BCUT2D eigenvalue weighted by Crippen LogP contribution is -2.14. The van der Waals surface area contributed by atoms with Crippen LogP contribution in [0.25, 0.3) is 0 Å². The molecule has 3 nitrogen and oxygen atoms in total. The van der Waals surface area contributed by atoms with E-state index in [-0.39, 0.29) is 5.82 Å². The summed E-state index contributed by atoms with van der Waals surface area (Å²) in [6, 6.07) is 4.66. The lowest BCUT2D eigenvalue weighted by atomic mass is 10.2. The van der Waals surface area contributed by atoms with Crippen LogP contribution in [0.5, 0.6) is 0 Å². The molecule has 0 aliphatic rings. The summed E-state index contributed by atoms with van der Waals surface area (Å²) in [4.78, 5) is 0. The highest BCUT2D eigenvalue weighted by Crippen LogP contribution is 2.18. The van der Waals surface area contributed by atoms with E-state index in [0.717, 1.165) is 5.69 Å². The molecular weight excluding hydrogens is 249 g/mol. The molecule has 1 aromatic carbocycles. The first-order chi connectivity index (χ1) is 7.77. The van der Waals surface area contributed by atoms with Crippen LogP contribution in [-0.4, -0.2) is 9.59 Å². The molecule has 1 N–H and O–H groups in total. The topological polar surface area (TPSA) is 37.8 Å². The summed E-state index contributed by atoms with van der Waals surface area (Å²) < 4.78 is 17.1. The minimum absolute atomic E-state index is 0.295. The molecule has 0 saturated heterocycles. The molecule has 0 radical (unpaired) electrons. The Labute approximate surface area is 101 Å². The molecule has 0 spiro atoms. The van der Waals surface area contributed by atoms with Crippen LogP contribution < -0.4 is 5.32 Å². The van der Waals surface area contributed by atoms with E-state index >= 15 is 0 Å². The number of nitrogens with zero attached hydrogens (tertiary/aromatic N) is 2. The summed E-state index contributed by atoms with van der Waals surface area (Å²) in [7, 11) is 0. The van der Waals surface area contributed by atoms with Gasteiger partial charge in [0.25, 0.3) is 0 Å². The molecule has 2 rings (SSSR count). The van der Waals surface area contributed by atoms with Crippen molar-refractivity contribution < 1.29 is 4.39 Å². The Bertz CT molecular complexity index is 441. The van der Waals surface area contributed by atoms with Crippen molar-refractivity contribution in [3.8, 4) is 0 Å². The second kappa shape index (κ2) is 5.34. The Morgan fingerprint density at radius 1 is 1.38 bits per heavy atom. The van der Waals surface area contributed by atoms with Crippen molar-refractivity contribution in [1.29, 1.82) is 0 Å². The van der Waals surface area contributed by atoms with Gasteiger partial charge in [0, 0.05) is 29.1 Å². The highest BCUT2D eigenvalue weighted by atomic mass is 35.5. The van der Waals surface area contributed by atoms with Crippen molar-refractivity contribution in [2.75, 3.05) is 0 Å². The standard InChI is InChI=1S/C10H9ClFN3S/c11-9-2-1-3-10(12)8(9)5-13-4-7-6-16-15-14-7/h1-3,6,13H,4-5H2. The van der Waals surface area contributed by atoms with E-state index in [1.54, 1.807) is 12.1 Å². The van der Waals surface area contributed by atoms with Crippen molar-refractivity contribution in [2.45, 2.75) is 13.1 Å². The van der Waals surface area contributed by atoms with Gasteiger partial charge in [-0.1, -0.05) is 22.2 Å². The first kappa shape index (κ1) is 11.4. The van der Waals surface area contributed by atoms with E-state index in [4.69, 9.17) is 11.6 Å². The van der Waals surface area contributed by atoms with Gasteiger partial charge in [0.1, 0.15) is 5.82 Å². The van der Waals surface area contributed by atoms with Gasteiger partial charge in [0.2, 0.25) is 0 Å². The van der Waals surface area contributed by atoms with Crippen LogP contribution in [0.4, 0.5) is 4.39 Å². The van der Waals surface area contributed by atoms with Gasteiger partial charge in [-0.3, -0.25) is 0 Å². The summed E-state index contributed by atoms with van der Waals surface area (Å²) in [6.07, 6.45) is 0. The van der Waals surface area contributed by atoms with E-state index in [1.807, 2.05) is 5.38 Å². The Balaban J connectivity index is 1.95. The zero-order chi connectivity index (χ0) is 11.4. The van der Waals surface area contributed by atoms with Gasteiger partial charge in [0.15, 0.2) is 0 Å². The van der Waals surface area contributed by atoms with Gasteiger partial charge in [-0.2, -0.15) is 0 Å². The van der Waals surface area contributed by atoms with Gasteiger partial charge in [-0.15, -0.1) is 5.10 Å². The number of rotatable bonds is 4. The number of halogens is 2. The van der Waals surface area contributed by atoms with Crippen molar-refractivity contribution in [1.82, 2.24) is 14.9 Å². The van der Waals surface area contributed by atoms with Crippen LogP contribution in [0.1, 0.15) is 11.3 Å². The highest BCUT2D eigenvalue weighted by molar-refractivity contribution is 7.03. The second-order valence-corrected chi connectivity index (χ2v) is 4.22. The quantitative estimate of drug-likeness (QED) is 0.915. The maximum absolute atomic E-state index is 13.4. The van der Waals surface area contributed by atoms with Crippen LogP contribution >= 0.6 is 23.1 Å². The SMILES string of the molecule is Fc1cccc(Cl)c1CNCc1csnn1. The highest BCUT2D eigenvalue weighted by Gasteiger charge is 2.06. The van der Waals surface area contributed by atoms with E-state index in [2.05, 4.69) is 14.9 Å². The van der Waals surface area contributed by atoms with Crippen LogP contribution in [0.3, 0.4) is 0 Å². The number of hydrogen-bond donors (Lipinski definition) is 1. The predicted molar refractivity (Wildman–Crippen MR) is 61.9 cm³/mol. The van der Waals surface area contributed by atoms with Crippen LogP contribution in [0.15, 0.2) is 23.6 Å². The number of nitrogens with one attached hydrogen (secondary N) is 1. The molecule has 1 heterocycles. The fourth-order valence-electron chi connectivity index (χ4n) is 1.28. The summed E-state index contributed by atoms with van der Waals surface area (Å²) in [6.45, 7) is 0.935. The molecule has 0 amide bonds. The lowest BCUT2D eigenvalue weighted by Gasteiger charge is -2.06. The van der Waals surface area contributed by atoms with Gasteiger partial charge in [-0.05, 0) is 23.7 Å². The van der Waals surface area contributed by atoms with Gasteiger partial charge in [0.05, 0.1) is 5.69 Å². The molecule has 0 unspecified atom stereocenters. The summed E-state index contributed by atoms with van der Waals surface area (Å²) in [5.41, 5.74) is 1.32. The zero-order valence-electron chi connectivity index (χ0n) is 8.28. The average Bonchev–Trinajstić information content (AvgIpc) is 2.75. The normalized spacial score (nSPS) is 10.6. The van der Waals surface area contributed by atoms with Crippen LogP contribution in [0, 0.1) is 5.82 Å². The minimum Gasteiger partial charge on any atom is -0.307 e. The van der Waals surface area contributed by atoms with E-state index in [9.17, 15) is 4.39 Å². The van der Waals surface area contributed by atoms with Gasteiger partial charge in [-0.25, -0.2) is 4.39 Å². The summed E-state index contributed by atoms with van der Waals surface area (Å²) in [5.74, 6) is -0.295. The fraction of sp³-hybridized carbons (Fsp3) is 0.200. The minimum atomic E-state index is -0.295. The third-order valence-corrected chi connectivity index (χ3v) is 2.98. The molecule has 2 aromatic rings. The van der Waals surface area contributed by atoms with Crippen LogP contribution in [0.2, 0.25) is 5.02 Å². The van der Waals surface area contributed by atoms with E-state index in [1.165, 1.54) is 17.6 Å². The Morgan fingerprint density at radius 2 is 2.25 bits per heavy atom. The summed E-state index contributed by atoms with van der Waals surface area (Å²) >= 11 is 7.18. The molecular formula is C10H9ClFN3S. The molecule has 84 valence electrons. The zero-order valence-corrected chi connectivity index (χ0v) is 9.85. The maximum Gasteiger partial charge on any atom is 0.129 e. The van der Waals surface area contributed by atoms with Gasteiger partial charge < -0.3 is 5.32 Å². The molecule has 0 saturated carbocycles. The first-order valence-corrected chi connectivity index (χ1v) is 5.88. The number of benzene rings is 1. The third kappa shape index (κ3) is 2.75. The van der Waals surface area contributed by atoms with Crippen molar-refractivity contribution in [2.24, 2.45) is 0 Å². The molecule has 0 aliphatic heterocycles. The Hall–Kier alpha value is -1.04. The van der Waals surface area contributed by atoms with Crippen molar-refractivity contribution in [3.05, 3.63) is 45.7 Å². The number of aromatic nitrogens is 2. The Morgan fingerprint density at radius 3 is 2.94 bits per heavy atom. The fourth-order valence-corrected chi connectivity index (χ4v) is 1.96. The smallest absolute Gasteiger partial charge is 0.129 e. The largest absolute Gasteiger partial charge is 0.307 e.